The van der Waals surface area contributed by atoms with Crippen molar-refractivity contribution >= 4 is 0 Å². The van der Waals surface area contributed by atoms with E-state index >= 15 is 0 Å². The van der Waals surface area contributed by atoms with Crippen LogP contribution in [0.5, 0.6) is 5.88 Å². The maximum absolute atomic E-state index is 5.85. The number of nitrogens with zero attached hydrogens (tertiary/aromatic N) is 3. The Balaban J connectivity index is 1.71. The average Bonchev–Trinajstić information content (AvgIpc) is 3.05. The molecule has 1 unspecified atom stereocenters. The van der Waals surface area contributed by atoms with Crippen LogP contribution in [0.2, 0.25) is 0 Å². The summed E-state index contributed by atoms with van der Waals surface area (Å²) < 4.78 is 5.85. The van der Waals surface area contributed by atoms with Crippen LogP contribution in [-0.2, 0) is 0 Å². The van der Waals surface area contributed by atoms with E-state index in [1.165, 1.54) is 17.7 Å². The fourth-order valence-corrected chi connectivity index (χ4v) is 3.40. The van der Waals surface area contributed by atoms with Crippen molar-refractivity contribution in [2.45, 2.75) is 44.7 Å². The van der Waals surface area contributed by atoms with Gasteiger partial charge >= 0.3 is 0 Å². The van der Waals surface area contributed by atoms with Gasteiger partial charge in [0.15, 0.2) is 0 Å². The van der Waals surface area contributed by atoms with Gasteiger partial charge in [-0.1, -0.05) is 26.5 Å². The van der Waals surface area contributed by atoms with Gasteiger partial charge < -0.3 is 9.64 Å². The first-order valence-corrected chi connectivity index (χ1v) is 8.22. The largest absolute Gasteiger partial charge is 0.475 e. The summed E-state index contributed by atoms with van der Waals surface area (Å²) in [4.78, 5) is 9.40. The highest BCUT2D eigenvalue weighted by Gasteiger charge is 2.32. The molecule has 2 aliphatic rings. The monoisotopic (exact) mass is 301 g/mol. The van der Waals surface area contributed by atoms with Gasteiger partial charge in [0.1, 0.15) is 6.61 Å². The lowest BCUT2D eigenvalue weighted by Crippen LogP contribution is -2.38. The lowest BCUT2D eigenvalue weighted by atomic mass is 10.1. The second kappa shape index (κ2) is 5.92. The highest BCUT2D eigenvalue weighted by Crippen LogP contribution is 2.36. The molecule has 1 aromatic heterocycles. The van der Waals surface area contributed by atoms with Crippen LogP contribution in [0.15, 0.2) is 24.4 Å². The molecule has 0 bridgehead atoms. The Morgan fingerprint density at radius 2 is 2.23 bits per heavy atom. The van der Waals surface area contributed by atoms with Crippen LogP contribution in [0.1, 0.15) is 49.9 Å². The smallest absolute Gasteiger partial charge is 0.218 e. The molecule has 2 atom stereocenters. The predicted octanol–water partition coefficient (Wildman–Crippen LogP) is 3.18. The van der Waals surface area contributed by atoms with Crippen LogP contribution in [0, 0.1) is 0 Å². The maximum atomic E-state index is 5.85. The zero-order valence-electron chi connectivity index (χ0n) is 14.2. The summed E-state index contributed by atoms with van der Waals surface area (Å²) in [5.41, 5.74) is 3.59. The number of aromatic nitrogens is 1. The van der Waals surface area contributed by atoms with E-state index in [0.717, 1.165) is 24.5 Å². The van der Waals surface area contributed by atoms with E-state index in [1.54, 1.807) is 0 Å². The number of rotatable bonds is 4. The molecular weight excluding hydrogens is 274 g/mol. The highest BCUT2D eigenvalue weighted by atomic mass is 16.5. The number of hydrogen-bond acceptors (Lipinski definition) is 4. The lowest BCUT2D eigenvalue weighted by Gasteiger charge is -2.30. The maximum Gasteiger partial charge on any atom is 0.218 e. The van der Waals surface area contributed by atoms with Crippen LogP contribution in [0.3, 0.4) is 0 Å². The molecule has 1 saturated heterocycles. The van der Waals surface area contributed by atoms with Crippen molar-refractivity contribution < 1.29 is 4.74 Å². The van der Waals surface area contributed by atoms with Gasteiger partial charge in [0.25, 0.3) is 0 Å². The van der Waals surface area contributed by atoms with Gasteiger partial charge in [0, 0.05) is 36.6 Å². The molecule has 0 spiro atoms. The van der Waals surface area contributed by atoms with Crippen LogP contribution in [0.4, 0.5) is 0 Å². The van der Waals surface area contributed by atoms with Crippen molar-refractivity contribution in [3.63, 3.8) is 0 Å². The summed E-state index contributed by atoms with van der Waals surface area (Å²) in [5, 5.41) is 0. The van der Waals surface area contributed by atoms with Gasteiger partial charge in [-0.05, 0) is 31.9 Å². The van der Waals surface area contributed by atoms with Crippen molar-refractivity contribution in [1.29, 1.82) is 0 Å². The molecular formula is C18H27N3O. The third-order valence-corrected chi connectivity index (χ3v) is 5.08. The molecule has 0 aromatic carbocycles. The third-order valence-electron chi connectivity index (χ3n) is 5.08. The lowest BCUT2D eigenvalue weighted by molar-refractivity contribution is 0.159. The summed E-state index contributed by atoms with van der Waals surface area (Å²) in [6.07, 6.45) is 2.32. The Morgan fingerprint density at radius 1 is 1.45 bits per heavy atom. The Hall–Kier alpha value is -1.55. The minimum Gasteiger partial charge on any atom is -0.475 e. The highest BCUT2D eigenvalue weighted by molar-refractivity contribution is 5.35. The third kappa shape index (κ3) is 2.72. The van der Waals surface area contributed by atoms with Gasteiger partial charge in [-0.2, -0.15) is 0 Å². The molecule has 2 aliphatic heterocycles. The molecule has 0 saturated carbocycles. The molecule has 22 heavy (non-hydrogen) atoms. The van der Waals surface area contributed by atoms with E-state index in [4.69, 9.17) is 4.74 Å². The predicted molar refractivity (Wildman–Crippen MR) is 89.1 cm³/mol. The molecule has 1 fully saturated rings. The van der Waals surface area contributed by atoms with Gasteiger partial charge in [-0.3, -0.25) is 4.90 Å². The van der Waals surface area contributed by atoms with Gasteiger partial charge in [-0.15, -0.1) is 0 Å². The van der Waals surface area contributed by atoms with Crippen LogP contribution < -0.4 is 4.74 Å². The standard InChI is InChI=1S/C18H27N3O/c1-12(2)16-9-8-15-17(11-22-18(15)19-16)20(4)10-14-7-6-13(3)21(14)5/h8-9,12,14,17H,3,6-7,10-11H2,1-2,4-5H3/t14-,17?/m1/s1. The van der Waals surface area contributed by atoms with Crippen molar-refractivity contribution in [2.75, 3.05) is 27.2 Å². The van der Waals surface area contributed by atoms with E-state index in [9.17, 15) is 0 Å². The first-order valence-electron chi connectivity index (χ1n) is 8.22. The number of hydrogen-bond donors (Lipinski definition) is 0. The quantitative estimate of drug-likeness (QED) is 0.854. The van der Waals surface area contributed by atoms with Crippen molar-refractivity contribution in [1.82, 2.24) is 14.8 Å². The number of fused-ring (bicyclic) bond motifs is 1. The van der Waals surface area contributed by atoms with E-state index in [-0.39, 0.29) is 0 Å². The van der Waals surface area contributed by atoms with Crippen molar-refractivity contribution in [3.05, 3.63) is 35.7 Å². The molecule has 4 nitrogen and oxygen atoms in total. The Bertz CT molecular complexity index is 569. The summed E-state index contributed by atoms with van der Waals surface area (Å²) >= 11 is 0. The van der Waals surface area contributed by atoms with Crippen LogP contribution in [0.25, 0.3) is 0 Å². The van der Waals surface area contributed by atoms with E-state index in [1.807, 2.05) is 0 Å². The molecule has 0 amide bonds. The van der Waals surface area contributed by atoms with Crippen molar-refractivity contribution in [3.8, 4) is 5.88 Å². The number of allylic oxidation sites excluding steroid dienone is 1. The normalized spacial score (nSPS) is 24.3. The van der Waals surface area contributed by atoms with Gasteiger partial charge in [0.05, 0.1) is 6.04 Å². The molecule has 4 heteroatoms. The van der Waals surface area contributed by atoms with Crippen LogP contribution in [-0.4, -0.2) is 48.1 Å². The number of likely N-dealkylation sites (N-methyl/N-ethyl adjacent to an activating group) is 2. The molecule has 0 radical (unpaired) electrons. The zero-order valence-corrected chi connectivity index (χ0v) is 14.2. The Labute approximate surface area is 133 Å². The minimum atomic E-state index is 0.311. The fourth-order valence-electron chi connectivity index (χ4n) is 3.40. The average molecular weight is 301 g/mol. The summed E-state index contributed by atoms with van der Waals surface area (Å²) in [7, 11) is 4.35. The van der Waals surface area contributed by atoms with E-state index in [2.05, 4.69) is 61.4 Å². The Morgan fingerprint density at radius 3 is 2.86 bits per heavy atom. The minimum absolute atomic E-state index is 0.311. The number of ether oxygens (including phenoxy) is 1. The second-order valence-corrected chi connectivity index (χ2v) is 6.92. The number of pyridine rings is 1. The van der Waals surface area contributed by atoms with Crippen LogP contribution >= 0.6 is 0 Å². The molecule has 0 aliphatic carbocycles. The molecule has 0 N–H and O–H groups in total. The molecule has 3 heterocycles. The van der Waals surface area contributed by atoms with Gasteiger partial charge in [-0.25, -0.2) is 4.98 Å². The van der Waals surface area contributed by atoms with E-state index < -0.39 is 0 Å². The fraction of sp³-hybridized carbons (Fsp3) is 0.611. The molecule has 1 aromatic rings. The molecule has 120 valence electrons. The summed E-state index contributed by atoms with van der Waals surface area (Å²) in [5.74, 6) is 1.26. The Kier molecular flexibility index (Phi) is 4.13. The van der Waals surface area contributed by atoms with E-state index in [0.29, 0.717) is 24.6 Å². The van der Waals surface area contributed by atoms with Crippen molar-refractivity contribution in [2.24, 2.45) is 0 Å². The first-order chi connectivity index (χ1) is 10.5. The summed E-state index contributed by atoms with van der Waals surface area (Å²) in [6, 6.07) is 5.21. The first kappa shape index (κ1) is 15.3. The van der Waals surface area contributed by atoms with Gasteiger partial charge in [0.2, 0.25) is 5.88 Å². The topological polar surface area (TPSA) is 28.6 Å². The molecule has 3 rings (SSSR count). The summed E-state index contributed by atoms with van der Waals surface area (Å²) in [6.45, 7) is 10.2. The zero-order chi connectivity index (χ0) is 15.9. The number of likely N-dealkylation sites (tertiary alicyclic amines) is 1. The SMILES string of the molecule is C=C1CC[C@H](CN(C)C2COc3nc(C(C)C)ccc32)N1C. The second-order valence-electron chi connectivity index (χ2n) is 6.92.